The summed E-state index contributed by atoms with van der Waals surface area (Å²) in [5.74, 6) is -2.35. The highest BCUT2D eigenvalue weighted by Crippen LogP contribution is 2.45. The van der Waals surface area contributed by atoms with Gasteiger partial charge in [-0.1, -0.05) is 20.8 Å². The smallest absolute Gasteiger partial charge is 0.343 e. The summed E-state index contributed by atoms with van der Waals surface area (Å²) >= 11 is 0. The lowest BCUT2D eigenvalue weighted by molar-refractivity contribution is -0.174. The normalized spacial score (nSPS) is 22.7. The maximum absolute atomic E-state index is 13.9. The molecular weight excluding hydrogens is 482 g/mol. The van der Waals surface area contributed by atoms with E-state index in [1.807, 2.05) is 33.0 Å². The molecule has 2 aliphatic rings. The van der Waals surface area contributed by atoms with Gasteiger partial charge in [0.2, 0.25) is 0 Å². The van der Waals surface area contributed by atoms with Gasteiger partial charge < -0.3 is 14.6 Å². The zero-order valence-electron chi connectivity index (χ0n) is 26.2. The Balaban J connectivity index is 1.83. The fourth-order valence-corrected chi connectivity index (χ4v) is 5.84. The lowest BCUT2D eigenvalue weighted by Crippen LogP contribution is -2.45. The molecule has 3 aromatic rings. The fraction of sp³-hybridized carbons (Fsp3) is 0.500. The number of aromatic nitrogens is 2. The van der Waals surface area contributed by atoms with Gasteiger partial charge in [-0.2, -0.15) is 0 Å². The summed E-state index contributed by atoms with van der Waals surface area (Å²) in [6, 6.07) is 5.04. The summed E-state index contributed by atoms with van der Waals surface area (Å²) in [5, 5.41) is 12.6. The highest BCUT2D eigenvalue weighted by atomic mass is 16.6. The van der Waals surface area contributed by atoms with Crippen molar-refractivity contribution in [1.82, 2.24) is 14.5 Å². The van der Waals surface area contributed by atoms with E-state index in [0.29, 0.717) is 16.9 Å². The van der Waals surface area contributed by atoms with Gasteiger partial charge in [-0.3, -0.25) is 14.3 Å². The molecule has 4 heterocycles. The first-order chi connectivity index (χ1) is 19.0. The van der Waals surface area contributed by atoms with Crippen molar-refractivity contribution in [2.24, 2.45) is 5.89 Å². The number of esters is 1. The van der Waals surface area contributed by atoms with Gasteiger partial charge in [0.25, 0.3) is 5.56 Å². The SMILES string of the molecule is [2H]C(C)(C)C([2H])([2H])[C@@]1(O)C(=O)OCc2c1cc1n(c2=O)C(C)c2cc3c(C(C)N(C)CC)c(OC)c(C)cc3nc2-1. The van der Waals surface area contributed by atoms with Gasteiger partial charge in [-0.15, -0.1) is 0 Å². The van der Waals surface area contributed by atoms with E-state index in [9.17, 15) is 14.7 Å². The molecule has 1 aromatic carbocycles. The summed E-state index contributed by atoms with van der Waals surface area (Å²) in [6.45, 7) is 11.0. The number of cyclic esters (lactones) is 1. The van der Waals surface area contributed by atoms with Crippen LogP contribution >= 0.6 is 0 Å². The van der Waals surface area contributed by atoms with E-state index in [4.69, 9.17) is 18.6 Å². The van der Waals surface area contributed by atoms with Crippen LogP contribution in [-0.2, 0) is 21.7 Å². The topological polar surface area (TPSA) is 93.9 Å². The molecule has 0 bridgehead atoms. The zero-order chi connectivity index (χ0) is 30.4. The maximum atomic E-state index is 13.9. The van der Waals surface area contributed by atoms with E-state index in [-0.39, 0.29) is 17.2 Å². The maximum Gasteiger partial charge on any atom is 0.343 e. The number of carbonyl (C=O) groups excluding carboxylic acids is 1. The lowest BCUT2D eigenvalue weighted by Gasteiger charge is -2.34. The monoisotopic (exact) mass is 522 g/mol. The molecule has 202 valence electrons. The third-order valence-corrected chi connectivity index (χ3v) is 8.00. The Labute approximate surface area is 227 Å². The molecule has 0 saturated carbocycles. The van der Waals surface area contributed by atoms with Crippen LogP contribution in [0.15, 0.2) is 23.0 Å². The second kappa shape index (κ2) is 9.20. The number of aliphatic hydroxyl groups is 1. The van der Waals surface area contributed by atoms with Crippen LogP contribution in [0.5, 0.6) is 5.75 Å². The largest absolute Gasteiger partial charge is 0.496 e. The molecule has 0 fully saturated rings. The number of fused-ring (bicyclic) bond motifs is 5. The number of carbonyl (C=O) groups is 1. The Morgan fingerprint density at radius 2 is 2.05 bits per heavy atom. The third-order valence-electron chi connectivity index (χ3n) is 8.00. The molecule has 0 radical (unpaired) electrons. The lowest BCUT2D eigenvalue weighted by atomic mass is 9.82. The van der Waals surface area contributed by atoms with Crippen molar-refractivity contribution >= 4 is 16.9 Å². The molecule has 0 aliphatic carbocycles. The number of pyridine rings is 2. The Morgan fingerprint density at radius 1 is 1.34 bits per heavy atom. The van der Waals surface area contributed by atoms with E-state index in [1.165, 1.54) is 19.9 Å². The standard InChI is InChI=1S/C30H37N3O5/c1-9-32(7)18(6)25-20-11-19-17(5)33-24(26(19)31-23(20)10-16(4)27(25)37-8)12-22-21(28(33)34)14-38-29(35)30(22,36)13-15(2)3/h10-12,15,17-18,36H,9,13-14H2,1-8H3/t17?,18?,30-/m0/s1/i13D2,15D. The van der Waals surface area contributed by atoms with E-state index < -0.39 is 42.0 Å². The molecule has 1 N–H and O–H groups in total. The van der Waals surface area contributed by atoms with Gasteiger partial charge in [-0.05, 0) is 70.4 Å². The minimum Gasteiger partial charge on any atom is -0.496 e. The van der Waals surface area contributed by atoms with Gasteiger partial charge in [0.05, 0.1) is 35.6 Å². The number of nitrogens with zero attached hydrogens (tertiary/aromatic N) is 3. The van der Waals surface area contributed by atoms with E-state index in [0.717, 1.165) is 34.4 Å². The summed E-state index contributed by atoms with van der Waals surface area (Å²) in [4.78, 5) is 34.2. The van der Waals surface area contributed by atoms with E-state index >= 15 is 0 Å². The molecule has 3 atom stereocenters. The molecule has 2 aromatic heterocycles. The molecule has 8 heteroatoms. The Bertz CT molecular complexity index is 1660. The number of hydrogen-bond acceptors (Lipinski definition) is 7. The Kier molecular flexibility index (Phi) is 5.50. The average Bonchev–Trinajstić information content (AvgIpc) is 3.18. The number of aryl methyl sites for hydroxylation is 1. The van der Waals surface area contributed by atoms with Crippen LogP contribution in [0.2, 0.25) is 0 Å². The second-order valence-electron chi connectivity index (χ2n) is 10.6. The molecular formula is C30H37N3O5. The number of ether oxygens (including phenoxy) is 2. The van der Waals surface area contributed by atoms with Gasteiger partial charge >= 0.3 is 5.97 Å². The first-order valence-electron chi connectivity index (χ1n) is 14.4. The van der Waals surface area contributed by atoms with Crippen molar-refractivity contribution in [3.8, 4) is 17.1 Å². The van der Waals surface area contributed by atoms with Crippen molar-refractivity contribution in [3.63, 3.8) is 0 Å². The van der Waals surface area contributed by atoms with Crippen molar-refractivity contribution in [2.45, 2.75) is 72.2 Å². The average molecular weight is 523 g/mol. The van der Waals surface area contributed by atoms with Gasteiger partial charge in [0.15, 0.2) is 5.60 Å². The summed E-state index contributed by atoms with van der Waals surface area (Å²) < 4.78 is 38.3. The van der Waals surface area contributed by atoms with Crippen LogP contribution in [0.4, 0.5) is 0 Å². The van der Waals surface area contributed by atoms with Crippen molar-refractivity contribution in [1.29, 1.82) is 0 Å². The second-order valence-corrected chi connectivity index (χ2v) is 10.6. The Hall–Kier alpha value is -3.23. The van der Waals surface area contributed by atoms with Gasteiger partial charge in [0.1, 0.15) is 12.4 Å². The quantitative estimate of drug-likeness (QED) is 0.473. The minimum absolute atomic E-state index is 0.00965. The Morgan fingerprint density at radius 3 is 2.68 bits per heavy atom. The molecule has 2 unspecified atom stereocenters. The van der Waals surface area contributed by atoms with Crippen molar-refractivity contribution in [3.05, 3.63) is 56.4 Å². The van der Waals surface area contributed by atoms with Gasteiger partial charge in [-0.25, -0.2) is 9.78 Å². The van der Waals surface area contributed by atoms with Crippen LogP contribution in [0.1, 0.15) is 85.0 Å². The molecule has 0 amide bonds. The first-order valence-corrected chi connectivity index (χ1v) is 12.9. The van der Waals surface area contributed by atoms with Crippen LogP contribution in [0, 0.1) is 12.8 Å². The minimum atomic E-state index is -2.86. The molecule has 38 heavy (non-hydrogen) atoms. The van der Waals surface area contributed by atoms with Crippen LogP contribution in [0.25, 0.3) is 22.3 Å². The molecule has 2 aliphatic heterocycles. The summed E-state index contributed by atoms with van der Waals surface area (Å²) in [5.41, 5.74) is 0.748. The summed E-state index contributed by atoms with van der Waals surface area (Å²) in [7, 11) is 3.70. The highest BCUT2D eigenvalue weighted by molar-refractivity contribution is 5.91. The fourth-order valence-electron chi connectivity index (χ4n) is 5.84. The molecule has 0 saturated heterocycles. The number of rotatable bonds is 6. The molecule has 5 rings (SSSR count). The molecule has 8 nitrogen and oxygen atoms in total. The van der Waals surface area contributed by atoms with Crippen molar-refractivity contribution in [2.75, 3.05) is 20.7 Å². The van der Waals surface area contributed by atoms with Gasteiger partial charge in [0, 0.05) is 32.2 Å². The first kappa shape index (κ1) is 22.7. The zero-order valence-corrected chi connectivity index (χ0v) is 23.2. The number of methoxy groups -OCH3 is 1. The number of hydrogen-bond donors (Lipinski definition) is 1. The van der Waals surface area contributed by atoms with Crippen LogP contribution in [0.3, 0.4) is 0 Å². The van der Waals surface area contributed by atoms with E-state index in [2.05, 4.69) is 18.7 Å². The predicted octanol–water partition coefficient (Wildman–Crippen LogP) is 4.61. The van der Waals surface area contributed by atoms with Crippen LogP contribution < -0.4 is 10.3 Å². The van der Waals surface area contributed by atoms with Crippen molar-refractivity contribution < 1.29 is 23.5 Å². The number of benzene rings is 1. The predicted molar refractivity (Wildman–Crippen MR) is 146 cm³/mol. The summed E-state index contributed by atoms with van der Waals surface area (Å²) in [6.07, 6.45) is -2.79. The van der Waals surface area contributed by atoms with E-state index in [1.54, 1.807) is 11.7 Å². The van der Waals surface area contributed by atoms with Crippen LogP contribution in [-0.4, -0.2) is 46.2 Å². The third kappa shape index (κ3) is 3.68. The molecule has 0 spiro atoms. The highest BCUT2D eigenvalue weighted by Gasteiger charge is 2.47.